The summed E-state index contributed by atoms with van der Waals surface area (Å²) in [6, 6.07) is 7.10. The van der Waals surface area contributed by atoms with Gasteiger partial charge >= 0.3 is 0 Å². The number of aromatic nitrogens is 2. The van der Waals surface area contributed by atoms with Gasteiger partial charge in [0.1, 0.15) is 18.1 Å². The quantitative estimate of drug-likeness (QED) is 0.647. The van der Waals surface area contributed by atoms with Crippen LogP contribution in [0.15, 0.2) is 24.3 Å². The summed E-state index contributed by atoms with van der Waals surface area (Å²) in [5, 5.41) is 5.27. The molecule has 0 saturated heterocycles. The SMILES string of the molecule is NNc1snnc1COc1ccc(Cl)cc1. The number of hydrazine groups is 1. The molecule has 1 heterocycles. The van der Waals surface area contributed by atoms with Gasteiger partial charge in [0.2, 0.25) is 0 Å². The van der Waals surface area contributed by atoms with E-state index in [0.717, 1.165) is 5.75 Å². The van der Waals surface area contributed by atoms with Crippen molar-refractivity contribution in [3.8, 4) is 5.75 Å². The normalized spacial score (nSPS) is 10.1. The highest BCUT2D eigenvalue weighted by Gasteiger charge is 2.06. The summed E-state index contributed by atoms with van der Waals surface area (Å²) < 4.78 is 9.27. The number of benzene rings is 1. The number of nitrogens with one attached hydrogen (secondary N) is 1. The van der Waals surface area contributed by atoms with Crippen molar-refractivity contribution in [2.24, 2.45) is 5.84 Å². The van der Waals surface area contributed by atoms with Crippen molar-refractivity contribution in [3.05, 3.63) is 35.0 Å². The molecule has 0 aliphatic heterocycles. The number of anilines is 1. The van der Waals surface area contributed by atoms with Gasteiger partial charge in [-0.25, -0.2) is 5.84 Å². The Kier molecular flexibility index (Phi) is 3.55. The molecule has 0 radical (unpaired) electrons. The summed E-state index contributed by atoms with van der Waals surface area (Å²) in [6.45, 7) is 0.317. The van der Waals surface area contributed by atoms with Gasteiger partial charge in [-0.3, -0.25) is 0 Å². The van der Waals surface area contributed by atoms with Crippen molar-refractivity contribution < 1.29 is 4.74 Å². The van der Waals surface area contributed by atoms with Crippen molar-refractivity contribution in [1.29, 1.82) is 0 Å². The van der Waals surface area contributed by atoms with Crippen molar-refractivity contribution >= 4 is 28.1 Å². The zero-order valence-electron chi connectivity index (χ0n) is 8.18. The fraction of sp³-hybridized carbons (Fsp3) is 0.111. The van der Waals surface area contributed by atoms with Crippen LogP contribution in [0.5, 0.6) is 5.75 Å². The Hall–Kier alpha value is -1.37. The van der Waals surface area contributed by atoms with E-state index < -0.39 is 0 Å². The number of ether oxygens (including phenoxy) is 1. The van der Waals surface area contributed by atoms with Crippen LogP contribution in [0, 0.1) is 0 Å². The summed E-state index contributed by atoms with van der Waals surface area (Å²) in [5.41, 5.74) is 3.20. The molecule has 16 heavy (non-hydrogen) atoms. The molecule has 1 aromatic heterocycles. The predicted molar refractivity (Wildman–Crippen MR) is 63.5 cm³/mol. The van der Waals surface area contributed by atoms with E-state index in [9.17, 15) is 0 Å². The van der Waals surface area contributed by atoms with Crippen LogP contribution in [0.3, 0.4) is 0 Å². The highest BCUT2D eigenvalue weighted by atomic mass is 35.5. The molecule has 0 atom stereocenters. The molecule has 84 valence electrons. The third-order valence-corrected chi connectivity index (χ3v) is 2.83. The number of rotatable bonds is 4. The van der Waals surface area contributed by atoms with Crippen molar-refractivity contribution in [3.63, 3.8) is 0 Å². The molecule has 0 unspecified atom stereocenters. The first-order chi connectivity index (χ1) is 7.79. The number of nitrogens with zero attached hydrogens (tertiary/aromatic N) is 2. The van der Waals surface area contributed by atoms with Crippen molar-refractivity contribution in [2.45, 2.75) is 6.61 Å². The fourth-order valence-corrected chi connectivity index (χ4v) is 1.70. The lowest BCUT2D eigenvalue weighted by atomic mass is 10.3. The maximum Gasteiger partial charge on any atom is 0.150 e. The van der Waals surface area contributed by atoms with E-state index in [0.29, 0.717) is 22.3 Å². The topological polar surface area (TPSA) is 73.1 Å². The first-order valence-electron chi connectivity index (χ1n) is 4.46. The summed E-state index contributed by atoms with van der Waals surface area (Å²) in [7, 11) is 0. The molecule has 3 N–H and O–H groups in total. The minimum atomic E-state index is 0.317. The molecule has 2 aromatic rings. The van der Waals surface area contributed by atoms with E-state index >= 15 is 0 Å². The van der Waals surface area contributed by atoms with Gasteiger partial charge in [-0.2, -0.15) is 0 Å². The fourth-order valence-electron chi connectivity index (χ4n) is 1.10. The van der Waals surface area contributed by atoms with Gasteiger partial charge < -0.3 is 10.2 Å². The van der Waals surface area contributed by atoms with E-state index in [4.69, 9.17) is 22.2 Å². The summed E-state index contributed by atoms with van der Waals surface area (Å²) in [6.07, 6.45) is 0. The smallest absolute Gasteiger partial charge is 0.150 e. The van der Waals surface area contributed by atoms with Crippen LogP contribution in [0.4, 0.5) is 5.00 Å². The molecule has 2 rings (SSSR count). The largest absolute Gasteiger partial charge is 0.487 e. The summed E-state index contributed by atoms with van der Waals surface area (Å²) >= 11 is 6.95. The first-order valence-corrected chi connectivity index (χ1v) is 5.61. The number of hydrogen-bond acceptors (Lipinski definition) is 6. The Balaban J connectivity index is 1.99. The summed E-state index contributed by atoms with van der Waals surface area (Å²) in [5.74, 6) is 6.01. The zero-order valence-corrected chi connectivity index (χ0v) is 9.76. The highest BCUT2D eigenvalue weighted by Crippen LogP contribution is 2.20. The molecule has 0 aliphatic carbocycles. The summed E-state index contributed by atoms with van der Waals surface area (Å²) in [4.78, 5) is 0. The van der Waals surface area contributed by atoms with E-state index in [1.165, 1.54) is 11.5 Å². The van der Waals surface area contributed by atoms with Gasteiger partial charge in [0.25, 0.3) is 0 Å². The maximum absolute atomic E-state index is 5.76. The van der Waals surface area contributed by atoms with Crippen LogP contribution in [0.2, 0.25) is 5.02 Å². The van der Waals surface area contributed by atoms with E-state index in [1.807, 2.05) is 0 Å². The Bertz CT molecular complexity index is 459. The van der Waals surface area contributed by atoms with Crippen molar-refractivity contribution in [2.75, 3.05) is 5.43 Å². The molecule has 0 fully saturated rings. The lowest BCUT2D eigenvalue weighted by Gasteiger charge is -2.04. The van der Waals surface area contributed by atoms with Crippen LogP contribution in [-0.2, 0) is 6.61 Å². The van der Waals surface area contributed by atoms with E-state index in [-0.39, 0.29) is 0 Å². The van der Waals surface area contributed by atoms with Crippen LogP contribution in [0.25, 0.3) is 0 Å². The van der Waals surface area contributed by atoms with Crippen molar-refractivity contribution in [1.82, 2.24) is 9.59 Å². The Morgan fingerprint density at radius 3 is 2.81 bits per heavy atom. The van der Waals surface area contributed by atoms with Gasteiger partial charge in [0.15, 0.2) is 5.00 Å². The van der Waals surface area contributed by atoms with E-state index in [1.54, 1.807) is 24.3 Å². The van der Waals surface area contributed by atoms with Gasteiger partial charge in [-0.1, -0.05) is 16.1 Å². The number of nitrogens with two attached hydrogens (primary N) is 1. The van der Waals surface area contributed by atoms with Gasteiger partial charge in [-0.15, -0.1) is 5.10 Å². The Morgan fingerprint density at radius 1 is 1.38 bits per heavy atom. The van der Waals surface area contributed by atoms with E-state index in [2.05, 4.69) is 15.0 Å². The minimum Gasteiger partial charge on any atom is -0.487 e. The average Bonchev–Trinajstić information content (AvgIpc) is 2.76. The maximum atomic E-state index is 5.76. The molecule has 0 amide bonds. The first kappa shape index (κ1) is 11.1. The van der Waals surface area contributed by atoms with Crippen LogP contribution >= 0.6 is 23.1 Å². The van der Waals surface area contributed by atoms with Gasteiger partial charge in [0, 0.05) is 16.6 Å². The number of halogens is 1. The third-order valence-electron chi connectivity index (χ3n) is 1.88. The number of hydrogen-bond donors (Lipinski definition) is 2. The average molecular weight is 257 g/mol. The molecule has 0 spiro atoms. The second-order valence-electron chi connectivity index (χ2n) is 2.94. The molecular formula is C9H9ClN4OS. The molecular weight excluding hydrogens is 248 g/mol. The van der Waals surface area contributed by atoms with Crippen LogP contribution in [-0.4, -0.2) is 9.59 Å². The van der Waals surface area contributed by atoms with Crippen LogP contribution < -0.4 is 16.0 Å². The standard InChI is InChI=1S/C9H9ClN4OS/c10-6-1-3-7(4-2-6)15-5-8-9(12-11)16-14-13-8/h1-4,12H,5,11H2. The number of nitrogen functional groups attached to an aromatic ring is 1. The second kappa shape index (κ2) is 5.11. The Labute approximate surface area is 101 Å². The lowest BCUT2D eigenvalue weighted by molar-refractivity contribution is 0.301. The Morgan fingerprint density at radius 2 is 2.12 bits per heavy atom. The molecule has 7 heteroatoms. The van der Waals surface area contributed by atoms with Gasteiger partial charge in [0.05, 0.1) is 0 Å². The monoisotopic (exact) mass is 256 g/mol. The molecule has 1 aromatic carbocycles. The minimum absolute atomic E-state index is 0.317. The predicted octanol–water partition coefficient (Wildman–Crippen LogP) is 2.06. The molecule has 0 saturated carbocycles. The molecule has 0 bridgehead atoms. The van der Waals surface area contributed by atoms with Gasteiger partial charge in [-0.05, 0) is 24.3 Å². The molecule has 5 nitrogen and oxygen atoms in total. The third kappa shape index (κ3) is 2.60. The zero-order chi connectivity index (χ0) is 11.4. The lowest BCUT2D eigenvalue weighted by Crippen LogP contribution is -2.08. The highest BCUT2D eigenvalue weighted by molar-refractivity contribution is 7.10. The second-order valence-corrected chi connectivity index (χ2v) is 4.13. The molecule has 0 aliphatic rings. The van der Waals surface area contributed by atoms with Crippen LogP contribution in [0.1, 0.15) is 5.69 Å².